The Morgan fingerprint density at radius 2 is 1.76 bits per heavy atom. The summed E-state index contributed by atoms with van der Waals surface area (Å²) in [5, 5.41) is 3.03. The van der Waals surface area contributed by atoms with Gasteiger partial charge in [-0.05, 0) is 82.4 Å². The van der Waals surface area contributed by atoms with E-state index in [-0.39, 0.29) is 46.6 Å². The number of aromatic nitrogens is 2. The average Bonchev–Trinajstić information content (AvgIpc) is 3.02. The Hall–Kier alpha value is -4.03. The number of hydrogen-bond acceptors (Lipinski definition) is 8. The van der Waals surface area contributed by atoms with Crippen LogP contribution < -0.4 is 14.8 Å². The fourth-order valence-corrected chi connectivity index (χ4v) is 7.66. The maximum atomic E-state index is 13.4. The minimum Gasteiger partial charge on any atom is -0.477 e. The van der Waals surface area contributed by atoms with Crippen LogP contribution in [0.4, 0.5) is 5.95 Å². The van der Waals surface area contributed by atoms with Crippen LogP contribution in [0.25, 0.3) is 11.3 Å². The van der Waals surface area contributed by atoms with Crippen molar-refractivity contribution < 1.29 is 22.7 Å². The first-order valence-electron chi connectivity index (χ1n) is 15.5. The highest BCUT2D eigenvalue weighted by Crippen LogP contribution is 2.35. The van der Waals surface area contributed by atoms with E-state index in [1.807, 2.05) is 36.9 Å². The van der Waals surface area contributed by atoms with Gasteiger partial charge in [0, 0.05) is 48.8 Å². The number of carbonyl (C=O) groups is 2. The number of piperidine rings is 2. The zero-order chi connectivity index (χ0) is 31.8. The van der Waals surface area contributed by atoms with Crippen molar-refractivity contribution in [1.82, 2.24) is 25.1 Å². The van der Waals surface area contributed by atoms with Gasteiger partial charge in [-0.15, -0.1) is 0 Å². The summed E-state index contributed by atoms with van der Waals surface area (Å²) < 4.78 is 35.6. The number of hydrogen-bond donors (Lipinski definition) is 2. The quantitative estimate of drug-likeness (QED) is 0.438. The second-order valence-corrected chi connectivity index (χ2v) is 14.4. The predicted octanol–water partition coefficient (Wildman–Crippen LogP) is 3.63. The Morgan fingerprint density at radius 1 is 1.02 bits per heavy atom. The molecule has 2 fully saturated rings. The van der Waals surface area contributed by atoms with Crippen LogP contribution in [0.1, 0.15) is 47.2 Å². The van der Waals surface area contributed by atoms with E-state index in [9.17, 15) is 18.0 Å². The Labute approximate surface area is 264 Å². The van der Waals surface area contributed by atoms with Crippen LogP contribution in [0.5, 0.6) is 5.88 Å². The third-order valence-electron chi connectivity index (χ3n) is 9.33. The number of aryl methyl sites for hydroxylation is 2. The van der Waals surface area contributed by atoms with Gasteiger partial charge in [0.2, 0.25) is 17.7 Å². The number of rotatable bonds is 2. The molecule has 2 amide bonds. The van der Waals surface area contributed by atoms with Crippen LogP contribution in [-0.2, 0) is 14.8 Å². The molecule has 11 nitrogen and oxygen atoms in total. The molecule has 1 unspecified atom stereocenters. The zero-order valence-electron chi connectivity index (χ0n) is 26.0. The number of benzene rings is 2. The van der Waals surface area contributed by atoms with Crippen molar-refractivity contribution in [1.29, 1.82) is 0 Å². The van der Waals surface area contributed by atoms with Crippen LogP contribution in [0.15, 0.2) is 53.4 Å². The molecule has 6 rings (SSSR count). The number of anilines is 1. The lowest BCUT2D eigenvalue weighted by atomic mass is 9.78. The number of likely N-dealkylation sites (tertiary alicyclic amines) is 2. The van der Waals surface area contributed by atoms with E-state index in [1.54, 1.807) is 18.2 Å². The number of sulfonamides is 1. The third-order valence-corrected chi connectivity index (χ3v) is 10.7. The molecule has 1 spiro atoms. The number of fused-ring (bicyclic) bond motifs is 4. The summed E-state index contributed by atoms with van der Waals surface area (Å²) in [5.74, 6) is -0.0643. The molecule has 0 aliphatic carbocycles. The van der Waals surface area contributed by atoms with E-state index in [0.29, 0.717) is 38.2 Å². The molecule has 2 aromatic carbocycles. The van der Waals surface area contributed by atoms with Crippen molar-refractivity contribution in [2.24, 2.45) is 11.3 Å². The molecule has 2 saturated heterocycles. The first kappa shape index (κ1) is 31.0. The Bertz CT molecular complexity index is 1700. The minimum atomic E-state index is -4.12. The topological polar surface area (TPSA) is 134 Å². The fourth-order valence-electron chi connectivity index (χ4n) is 6.67. The zero-order valence-corrected chi connectivity index (χ0v) is 26.8. The molecule has 238 valence electrons. The smallest absolute Gasteiger partial charge is 0.264 e. The summed E-state index contributed by atoms with van der Waals surface area (Å²) >= 11 is 0. The standard InChI is InChI=1S/C33H40N6O5S/c1-22-7-4-8-23(2)29(22)27-18-28-36-32(35-27)37-45(42,43)26-11-5-9-24(17-26)30(40)34-20-33(21-44-28)12-15-39(16-13-33)31(41)25-10-6-14-38(3)19-25/h4-5,7-9,11,17-18,25H,6,10,12-16,19-21H2,1-3H3,(H,34,40)(H,35,36,37). The van der Waals surface area contributed by atoms with Gasteiger partial charge < -0.3 is 19.9 Å². The van der Waals surface area contributed by atoms with Crippen LogP contribution in [0.2, 0.25) is 0 Å². The lowest BCUT2D eigenvalue weighted by molar-refractivity contribution is -0.140. The summed E-state index contributed by atoms with van der Waals surface area (Å²) in [6, 6.07) is 13.5. The predicted molar refractivity (Wildman–Crippen MR) is 170 cm³/mol. The summed E-state index contributed by atoms with van der Waals surface area (Å²) in [5.41, 5.74) is 3.13. The van der Waals surface area contributed by atoms with Gasteiger partial charge in [0.1, 0.15) is 0 Å². The molecular weight excluding hydrogens is 592 g/mol. The van der Waals surface area contributed by atoms with E-state index in [2.05, 4.69) is 32.0 Å². The van der Waals surface area contributed by atoms with E-state index >= 15 is 0 Å². The Kier molecular flexibility index (Phi) is 8.53. The minimum absolute atomic E-state index is 0.0107. The first-order valence-corrected chi connectivity index (χ1v) is 17.0. The molecule has 2 N–H and O–H groups in total. The molecule has 3 aromatic rings. The molecule has 1 atom stereocenters. The fraction of sp³-hybridized carbons (Fsp3) is 0.455. The number of nitrogens with zero attached hydrogens (tertiary/aromatic N) is 4. The van der Waals surface area contributed by atoms with Gasteiger partial charge in [-0.1, -0.05) is 24.3 Å². The van der Waals surface area contributed by atoms with Crippen LogP contribution >= 0.6 is 0 Å². The average molecular weight is 633 g/mol. The first-order chi connectivity index (χ1) is 21.5. The number of amides is 2. The molecule has 0 saturated carbocycles. The lowest BCUT2D eigenvalue weighted by Crippen LogP contribution is -2.52. The van der Waals surface area contributed by atoms with Crippen LogP contribution in [-0.4, -0.2) is 86.4 Å². The van der Waals surface area contributed by atoms with Crippen molar-refractivity contribution in [3.8, 4) is 17.1 Å². The van der Waals surface area contributed by atoms with Crippen molar-refractivity contribution in [2.75, 3.05) is 51.1 Å². The highest BCUT2D eigenvalue weighted by molar-refractivity contribution is 7.92. The second-order valence-electron chi connectivity index (χ2n) is 12.7. The van der Waals surface area contributed by atoms with Crippen LogP contribution in [0.3, 0.4) is 0 Å². The summed E-state index contributed by atoms with van der Waals surface area (Å²) in [6.45, 7) is 7.40. The van der Waals surface area contributed by atoms with Gasteiger partial charge in [-0.2, -0.15) is 4.98 Å². The largest absolute Gasteiger partial charge is 0.477 e. The van der Waals surface area contributed by atoms with E-state index < -0.39 is 15.4 Å². The van der Waals surface area contributed by atoms with Gasteiger partial charge in [0.05, 0.1) is 23.1 Å². The van der Waals surface area contributed by atoms with E-state index in [1.165, 1.54) is 12.1 Å². The van der Waals surface area contributed by atoms with Gasteiger partial charge in [0.15, 0.2) is 0 Å². The molecule has 45 heavy (non-hydrogen) atoms. The molecule has 3 aliphatic rings. The summed E-state index contributed by atoms with van der Waals surface area (Å²) in [7, 11) is -2.06. The van der Waals surface area contributed by atoms with E-state index in [0.717, 1.165) is 42.6 Å². The monoisotopic (exact) mass is 632 g/mol. The number of nitrogens with one attached hydrogen (secondary N) is 2. The van der Waals surface area contributed by atoms with Gasteiger partial charge in [-0.3, -0.25) is 9.59 Å². The van der Waals surface area contributed by atoms with Gasteiger partial charge >= 0.3 is 0 Å². The maximum Gasteiger partial charge on any atom is 0.264 e. The molecule has 4 heterocycles. The molecule has 4 bridgehead atoms. The normalized spacial score (nSPS) is 21.6. The lowest BCUT2D eigenvalue weighted by Gasteiger charge is -2.43. The van der Waals surface area contributed by atoms with Gasteiger partial charge in [-0.25, -0.2) is 18.1 Å². The number of carbonyl (C=O) groups excluding carboxylic acids is 2. The molecule has 0 radical (unpaired) electrons. The van der Waals surface area contributed by atoms with E-state index in [4.69, 9.17) is 4.74 Å². The summed E-state index contributed by atoms with van der Waals surface area (Å²) in [6.07, 6.45) is 3.20. The maximum absolute atomic E-state index is 13.4. The van der Waals surface area contributed by atoms with Gasteiger partial charge in [0.25, 0.3) is 15.9 Å². The van der Waals surface area contributed by atoms with Crippen LogP contribution in [0, 0.1) is 25.2 Å². The molecule has 3 aliphatic heterocycles. The Balaban J connectivity index is 1.34. The molecular formula is C33H40N6O5S. The molecule has 12 heteroatoms. The van der Waals surface area contributed by atoms with Crippen molar-refractivity contribution in [2.45, 2.75) is 44.4 Å². The number of ether oxygens (including phenoxy) is 1. The third kappa shape index (κ3) is 6.67. The second kappa shape index (κ2) is 12.4. The SMILES string of the molecule is Cc1cccc(C)c1-c1cc2nc(n1)NS(=O)(=O)c1cccc(c1)C(=O)NCC1(CCN(C(=O)C3CCCN(C)C3)CC1)CO2. The van der Waals surface area contributed by atoms with Crippen molar-refractivity contribution in [3.63, 3.8) is 0 Å². The Morgan fingerprint density at radius 3 is 2.49 bits per heavy atom. The highest BCUT2D eigenvalue weighted by atomic mass is 32.2. The summed E-state index contributed by atoms with van der Waals surface area (Å²) in [4.78, 5) is 39.8. The molecule has 1 aromatic heterocycles. The van der Waals surface area contributed by atoms with Crippen molar-refractivity contribution in [3.05, 3.63) is 65.2 Å². The highest BCUT2D eigenvalue weighted by Gasteiger charge is 2.39. The van der Waals surface area contributed by atoms with Crippen molar-refractivity contribution >= 4 is 27.8 Å².